The van der Waals surface area contributed by atoms with Crippen LogP contribution in [0.25, 0.3) is 0 Å². The second kappa shape index (κ2) is 4.60. The van der Waals surface area contributed by atoms with Crippen LogP contribution in [0.4, 0.5) is 0 Å². The van der Waals surface area contributed by atoms with Crippen molar-refractivity contribution in [3.8, 4) is 0 Å². The van der Waals surface area contributed by atoms with Crippen LogP contribution < -0.4 is 0 Å². The highest BCUT2D eigenvalue weighted by Gasteiger charge is 2.09. The van der Waals surface area contributed by atoms with Gasteiger partial charge in [-0.25, -0.2) is 0 Å². The predicted molar refractivity (Wildman–Crippen MR) is 39.0 cm³/mol. The van der Waals surface area contributed by atoms with Gasteiger partial charge < -0.3 is 4.90 Å². The minimum atomic E-state index is -0.568. The van der Waals surface area contributed by atoms with E-state index in [1.807, 2.05) is 0 Å². The molecule has 0 heterocycles. The number of carbonyl (C=O) groups is 3. The van der Waals surface area contributed by atoms with Crippen LogP contribution in [0.1, 0.15) is 13.8 Å². The summed E-state index contributed by atoms with van der Waals surface area (Å²) in [7, 11) is 0. The van der Waals surface area contributed by atoms with Crippen LogP contribution in [-0.4, -0.2) is 36.0 Å². The molecule has 0 unspecified atom stereocenters. The third-order valence-corrected chi connectivity index (χ3v) is 1.31. The van der Waals surface area contributed by atoms with Gasteiger partial charge in [0.25, 0.3) is 0 Å². The molecule has 0 spiro atoms. The first-order valence-corrected chi connectivity index (χ1v) is 3.35. The molecule has 62 valence electrons. The lowest BCUT2D eigenvalue weighted by Gasteiger charge is -2.15. The largest absolute Gasteiger partial charge is 0.335 e. The second-order valence-corrected chi connectivity index (χ2v) is 2.12. The quantitative estimate of drug-likeness (QED) is 0.413. The predicted octanol–water partition coefficient (Wildman–Crippen LogP) is -0.377. The summed E-state index contributed by atoms with van der Waals surface area (Å²) in [6, 6.07) is 0. The zero-order valence-electron chi connectivity index (χ0n) is 6.66. The van der Waals surface area contributed by atoms with Crippen LogP contribution in [0.3, 0.4) is 0 Å². The molecule has 0 aliphatic carbocycles. The standard InChI is InChI=1S/C7H11NO3/c1-3-8(6(2)10)4-7(11)5-9/h5H,3-4H2,1-2H3. The number of hydrogen-bond acceptors (Lipinski definition) is 3. The SMILES string of the molecule is CCN(CC(=O)C=O)C(C)=O. The van der Waals surface area contributed by atoms with E-state index in [4.69, 9.17) is 0 Å². The Labute approximate surface area is 65.2 Å². The average molecular weight is 157 g/mol. The molecule has 0 bridgehead atoms. The second-order valence-electron chi connectivity index (χ2n) is 2.12. The minimum Gasteiger partial charge on any atom is -0.335 e. The molecule has 11 heavy (non-hydrogen) atoms. The number of aldehydes is 1. The van der Waals surface area contributed by atoms with Crippen LogP contribution in [0.15, 0.2) is 0 Å². The monoisotopic (exact) mass is 157 g/mol. The summed E-state index contributed by atoms with van der Waals surface area (Å²) in [5, 5.41) is 0. The Hall–Kier alpha value is -1.19. The zero-order valence-corrected chi connectivity index (χ0v) is 6.66. The molecule has 0 rings (SSSR count). The molecule has 0 fully saturated rings. The van der Waals surface area contributed by atoms with E-state index >= 15 is 0 Å². The molecular formula is C7H11NO3. The van der Waals surface area contributed by atoms with Crippen molar-refractivity contribution in [2.75, 3.05) is 13.1 Å². The van der Waals surface area contributed by atoms with Crippen molar-refractivity contribution in [2.45, 2.75) is 13.8 Å². The van der Waals surface area contributed by atoms with Crippen molar-refractivity contribution in [3.63, 3.8) is 0 Å². The molecule has 0 aliphatic heterocycles. The first-order chi connectivity index (χ1) is 5.11. The van der Waals surface area contributed by atoms with Crippen LogP contribution >= 0.6 is 0 Å². The molecular weight excluding hydrogens is 146 g/mol. The van der Waals surface area contributed by atoms with Crippen molar-refractivity contribution in [2.24, 2.45) is 0 Å². The van der Waals surface area contributed by atoms with E-state index in [2.05, 4.69) is 0 Å². The van der Waals surface area contributed by atoms with E-state index in [9.17, 15) is 14.4 Å². The lowest BCUT2D eigenvalue weighted by atomic mass is 10.4. The molecule has 1 amide bonds. The maximum atomic E-state index is 10.7. The van der Waals surface area contributed by atoms with Gasteiger partial charge in [-0.3, -0.25) is 14.4 Å². The topological polar surface area (TPSA) is 54.5 Å². The molecule has 4 nitrogen and oxygen atoms in total. The molecule has 0 aromatic carbocycles. The van der Waals surface area contributed by atoms with E-state index in [1.54, 1.807) is 6.92 Å². The van der Waals surface area contributed by atoms with Crippen molar-refractivity contribution in [3.05, 3.63) is 0 Å². The Morgan fingerprint density at radius 1 is 1.45 bits per heavy atom. The Balaban J connectivity index is 3.97. The molecule has 0 aliphatic rings. The molecule has 0 radical (unpaired) electrons. The Morgan fingerprint density at radius 3 is 2.27 bits per heavy atom. The van der Waals surface area contributed by atoms with Crippen molar-refractivity contribution >= 4 is 18.0 Å². The molecule has 0 aromatic heterocycles. The van der Waals surface area contributed by atoms with Gasteiger partial charge in [-0.15, -0.1) is 0 Å². The fourth-order valence-electron chi connectivity index (χ4n) is 0.671. The summed E-state index contributed by atoms with van der Waals surface area (Å²) in [5.74, 6) is -0.759. The zero-order chi connectivity index (χ0) is 8.85. The summed E-state index contributed by atoms with van der Waals surface area (Å²) < 4.78 is 0. The number of amides is 1. The maximum absolute atomic E-state index is 10.7. The van der Waals surface area contributed by atoms with Crippen molar-refractivity contribution < 1.29 is 14.4 Å². The van der Waals surface area contributed by atoms with Gasteiger partial charge in [0.1, 0.15) is 0 Å². The first-order valence-electron chi connectivity index (χ1n) is 3.35. The minimum absolute atomic E-state index is 0.102. The van der Waals surface area contributed by atoms with Gasteiger partial charge in [-0.05, 0) is 6.92 Å². The van der Waals surface area contributed by atoms with Crippen molar-refractivity contribution in [1.29, 1.82) is 0 Å². The van der Waals surface area contributed by atoms with Gasteiger partial charge >= 0.3 is 0 Å². The number of rotatable bonds is 4. The Kier molecular flexibility index (Phi) is 4.10. The normalized spacial score (nSPS) is 8.91. The summed E-state index contributed by atoms with van der Waals surface area (Å²) in [6.45, 7) is 3.46. The van der Waals surface area contributed by atoms with Crippen LogP contribution in [0.2, 0.25) is 0 Å². The van der Waals surface area contributed by atoms with E-state index in [0.29, 0.717) is 6.54 Å². The van der Waals surface area contributed by atoms with Crippen LogP contribution in [0.5, 0.6) is 0 Å². The Morgan fingerprint density at radius 2 is 2.00 bits per heavy atom. The van der Waals surface area contributed by atoms with Gasteiger partial charge in [0, 0.05) is 13.5 Å². The highest BCUT2D eigenvalue weighted by atomic mass is 16.2. The lowest BCUT2D eigenvalue weighted by molar-refractivity contribution is -0.136. The maximum Gasteiger partial charge on any atom is 0.219 e. The molecule has 0 N–H and O–H groups in total. The number of carbonyl (C=O) groups excluding carboxylic acids is 3. The smallest absolute Gasteiger partial charge is 0.219 e. The third-order valence-electron chi connectivity index (χ3n) is 1.31. The van der Waals surface area contributed by atoms with E-state index < -0.39 is 5.78 Å². The van der Waals surface area contributed by atoms with Gasteiger partial charge in [0.2, 0.25) is 11.7 Å². The van der Waals surface area contributed by atoms with E-state index in [-0.39, 0.29) is 18.7 Å². The molecule has 0 saturated heterocycles. The average Bonchev–Trinajstić information content (AvgIpc) is 1.99. The fourth-order valence-corrected chi connectivity index (χ4v) is 0.671. The van der Waals surface area contributed by atoms with E-state index in [0.717, 1.165) is 0 Å². The number of hydrogen-bond donors (Lipinski definition) is 0. The number of nitrogens with zero attached hydrogens (tertiary/aromatic N) is 1. The number of Topliss-reactive ketones (excluding diaryl/α,β-unsaturated/α-hetero) is 1. The summed E-state index contributed by atoms with van der Waals surface area (Å²) in [4.78, 5) is 32.4. The number of likely N-dealkylation sites (N-methyl/N-ethyl adjacent to an activating group) is 1. The third kappa shape index (κ3) is 3.50. The van der Waals surface area contributed by atoms with E-state index in [1.165, 1.54) is 11.8 Å². The van der Waals surface area contributed by atoms with Gasteiger partial charge in [0.05, 0.1) is 6.54 Å². The Bertz CT molecular complexity index is 177. The summed E-state index contributed by atoms with van der Waals surface area (Å²) >= 11 is 0. The van der Waals surface area contributed by atoms with Crippen LogP contribution in [0, 0.1) is 0 Å². The summed E-state index contributed by atoms with van der Waals surface area (Å²) in [5.41, 5.74) is 0. The highest BCUT2D eigenvalue weighted by Crippen LogP contribution is 1.87. The highest BCUT2D eigenvalue weighted by molar-refractivity contribution is 6.26. The van der Waals surface area contributed by atoms with Gasteiger partial charge in [-0.1, -0.05) is 0 Å². The molecule has 0 saturated carbocycles. The molecule has 0 aromatic rings. The summed E-state index contributed by atoms with van der Waals surface area (Å²) in [6.07, 6.45) is 0.228. The fraction of sp³-hybridized carbons (Fsp3) is 0.571. The first kappa shape index (κ1) is 9.81. The van der Waals surface area contributed by atoms with Gasteiger partial charge in [0.15, 0.2) is 6.29 Å². The molecule has 4 heteroatoms. The van der Waals surface area contributed by atoms with Crippen LogP contribution in [-0.2, 0) is 14.4 Å². The molecule has 0 atom stereocenters. The lowest BCUT2D eigenvalue weighted by Crippen LogP contribution is -2.34. The van der Waals surface area contributed by atoms with Gasteiger partial charge in [-0.2, -0.15) is 0 Å². The van der Waals surface area contributed by atoms with Crippen molar-refractivity contribution in [1.82, 2.24) is 4.90 Å². The number of ketones is 1.